The van der Waals surface area contributed by atoms with Gasteiger partial charge in [0.15, 0.2) is 0 Å². The topological polar surface area (TPSA) is 80.2 Å². The maximum Gasteiger partial charge on any atom is 0.256 e. The SMILES string of the molecule is CCC(C)NC(=O)c1cn(C2CCCC2)cc(C(=O)NCCCSC)c1=O. The highest BCUT2D eigenvalue weighted by atomic mass is 32.2. The van der Waals surface area contributed by atoms with E-state index in [0.29, 0.717) is 6.54 Å². The summed E-state index contributed by atoms with van der Waals surface area (Å²) in [5, 5.41) is 5.66. The molecule has 0 spiro atoms. The van der Waals surface area contributed by atoms with Crippen LogP contribution in [0, 0.1) is 0 Å². The lowest BCUT2D eigenvalue weighted by atomic mass is 10.1. The van der Waals surface area contributed by atoms with E-state index >= 15 is 0 Å². The van der Waals surface area contributed by atoms with Gasteiger partial charge in [0, 0.05) is 31.0 Å². The molecule has 150 valence electrons. The van der Waals surface area contributed by atoms with Crippen molar-refractivity contribution < 1.29 is 9.59 Å². The van der Waals surface area contributed by atoms with E-state index in [4.69, 9.17) is 0 Å². The zero-order chi connectivity index (χ0) is 19.8. The standard InChI is InChI=1S/C20H31N3O3S/c1-4-14(2)22-20(26)17-13-23(15-8-5-6-9-15)12-16(18(17)24)19(25)21-10-7-11-27-3/h12-15H,4-11H2,1-3H3,(H,21,25)(H,22,26). The Morgan fingerprint density at radius 2 is 1.85 bits per heavy atom. The van der Waals surface area contributed by atoms with E-state index in [1.54, 1.807) is 24.2 Å². The van der Waals surface area contributed by atoms with Gasteiger partial charge in [-0.3, -0.25) is 14.4 Å². The van der Waals surface area contributed by atoms with Gasteiger partial charge in [-0.25, -0.2) is 0 Å². The number of amides is 2. The van der Waals surface area contributed by atoms with E-state index in [9.17, 15) is 14.4 Å². The first-order valence-corrected chi connectivity index (χ1v) is 11.2. The van der Waals surface area contributed by atoms with Gasteiger partial charge in [-0.1, -0.05) is 19.8 Å². The highest BCUT2D eigenvalue weighted by Crippen LogP contribution is 2.29. The van der Waals surface area contributed by atoms with Gasteiger partial charge in [0.1, 0.15) is 11.1 Å². The van der Waals surface area contributed by atoms with E-state index < -0.39 is 17.2 Å². The Morgan fingerprint density at radius 1 is 1.22 bits per heavy atom. The van der Waals surface area contributed by atoms with Gasteiger partial charge in [0.2, 0.25) is 5.43 Å². The number of thioether (sulfide) groups is 1. The van der Waals surface area contributed by atoms with E-state index in [1.165, 1.54) is 0 Å². The van der Waals surface area contributed by atoms with Gasteiger partial charge >= 0.3 is 0 Å². The maximum absolute atomic E-state index is 12.8. The smallest absolute Gasteiger partial charge is 0.256 e. The monoisotopic (exact) mass is 393 g/mol. The Labute approximate surface area is 165 Å². The molecule has 1 heterocycles. The zero-order valence-electron chi connectivity index (χ0n) is 16.5. The fourth-order valence-electron chi connectivity index (χ4n) is 3.25. The minimum Gasteiger partial charge on any atom is -0.352 e. The quantitative estimate of drug-likeness (QED) is 0.632. The molecule has 1 atom stereocenters. The molecule has 1 aromatic heterocycles. The number of carbonyl (C=O) groups excluding carboxylic acids is 2. The van der Waals surface area contributed by atoms with E-state index in [-0.39, 0.29) is 23.2 Å². The van der Waals surface area contributed by atoms with Gasteiger partial charge in [-0.2, -0.15) is 11.8 Å². The summed E-state index contributed by atoms with van der Waals surface area (Å²) in [6, 6.07) is 0.213. The number of hydrogen-bond acceptors (Lipinski definition) is 4. The third-order valence-electron chi connectivity index (χ3n) is 5.08. The number of pyridine rings is 1. The second-order valence-electron chi connectivity index (χ2n) is 7.19. The van der Waals surface area contributed by atoms with Gasteiger partial charge in [0.05, 0.1) is 0 Å². The highest BCUT2D eigenvalue weighted by Gasteiger charge is 2.23. The number of nitrogens with zero attached hydrogens (tertiary/aromatic N) is 1. The number of aromatic nitrogens is 1. The first kappa shape index (κ1) is 21.5. The van der Waals surface area contributed by atoms with E-state index in [2.05, 4.69) is 10.6 Å². The van der Waals surface area contributed by atoms with Crippen LogP contribution in [0.25, 0.3) is 0 Å². The van der Waals surface area contributed by atoms with Crippen LogP contribution in [0.3, 0.4) is 0 Å². The summed E-state index contributed by atoms with van der Waals surface area (Å²) in [5.74, 6) is 0.147. The minimum atomic E-state index is -0.493. The van der Waals surface area contributed by atoms with E-state index in [0.717, 1.165) is 44.3 Å². The van der Waals surface area contributed by atoms with Gasteiger partial charge < -0.3 is 15.2 Å². The van der Waals surface area contributed by atoms with Crippen LogP contribution in [0.4, 0.5) is 0 Å². The van der Waals surface area contributed by atoms with Gasteiger partial charge in [-0.05, 0) is 44.6 Å². The summed E-state index contributed by atoms with van der Waals surface area (Å²) in [6.45, 7) is 4.39. The highest BCUT2D eigenvalue weighted by molar-refractivity contribution is 7.98. The molecule has 0 radical (unpaired) electrons. The van der Waals surface area contributed by atoms with Gasteiger partial charge in [-0.15, -0.1) is 0 Å². The van der Waals surface area contributed by atoms with Crippen molar-refractivity contribution in [2.45, 2.75) is 64.5 Å². The number of nitrogens with one attached hydrogen (secondary N) is 2. The fraction of sp³-hybridized carbons (Fsp3) is 0.650. The lowest BCUT2D eigenvalue weighted by molar-refractivity contribution is 0.0937. The molecule has 2 rings (SSSR count). The van der Waals surface area contributed by atoms with Crippen LogP contribution in [0.5, 0.6) is 0 Å². The van der Waals surface area contributed by atoms with Crippen LogP contribution in [0.2, 0.25) is 0 Å². The molecule has 0 aliphatic heterocycles. The Kier molecular flexibility index (Phi) is 8.41. The predicted molar refractivity (Wildman–Crippen MR) is 111 cm³/mol. The lowest BCUT2D eigenvalue weighted by Gasteiger charge is -2.18. The predicted octanol–water partition coefficient (Wildman–Crippen LogP) is 2.97. The molecule has 1 fully saturated rings. The third kappa shape index (κ3) is 5.86. The van der Waals surface area contributed by atoms with Crippen molar-refractivity contribution in [1.29, 1.82) is 0 Å². The molecule has 1 aliphatic rings. The second-order valence-corrected chi connectivity index (χ2v) is 8.17. The molecule has 1 aliphatic carbocycles. The largest absolute Gasteiger partial charge is 0.352 e. The first-order valence-electron chi connectivity index (χ1n) is 9.81. The molecule has 2 N–H and O–H groups in total. The van der Waals surface area contributed by atoms with Crippen LogP contribution in [-0.4, -0.2) is 41.0 Å². The maximum atomic E-state index is 12.8. The number of carbonyl (C=O) groups is 2. The summed E-state index contributed by atoms with van der Waals surface area (Å²) in [5.41, 5.74) is -0.380. The van der Waals surface area contributed by atoms with Crippen LogP contribution in [-0.2, 0) is 0 Å². The molecule has 1 saturated carbocycles. The van der Waals surface area contributed by atoms with Crippen molar-refractivity contribution >= 4 is 23.6 Å². The summed E-state index contributed by atoms with van der Waals surface area (Å²) < 4.78 is 1.90. The summed E-state index contributed by atoms with van der Waals surface area (Å²) >= 11 is 1.72. The number of rotatable bonds is 9. The summed E-state index contributed by atoms with van der Waals surface area (Å²) in [4.78, 5) is 38.0. The van der Waals surface area contributed by atoms with Crippen molar-refractivity contribution in [1.82, 2.24) is 15.2 Å². The fourth-order valence-corrected chi connectivity index (χ4v) is 3.68. The molecule has 1 aromatic rings. The molecule has 2 amide bonds. The third-order valence-corrected chi connectivity index (χ3v) is 5.78. The number of hydrogen-bond donors (Lipinski definition) is 2. The molecule has 0 aromatic carbocycles. The van der Waals surface area contributed by atoms with Gasteiger partial charge in [0.25, 0.3) is 11.8 Å². The van der Waals surface area contributed by atoms with Crippen molar-refractivity contribution in [3.05, 3.63) is 33.7 Å². The van der Waals surface area contributed by atoms with Crippen molar-refractivity contribution in [3.8, 4) is 0 Å². The normalized spacial score (nSPS) is 15.5. The van der Waals surface area contributed by atoms with Crippen molar-refractivity contribution in [2.24, 2.45) is 0 Å². The molecule has 6 nitrogen and oxygen atoms in total. The molecule has 0 bridgehead atoms. The van der Waals surface area contributed by atoms with Crippen LogP contribution in [0.1, 0.15) is 79.1 Å². The average Bonchev–Trinajstić information content (AvgIpc) is 3.19. The zero-order valence-corrected chi connectivity index (χ0v) is 17.4. The minimum absolute atomic E-state index is 0.0270. The lowest BCUT2D eigenvalue weighted by Crippen LogP contribution is -2.38. The Balaban J connectivity index is 2.31. The average molecular weight is 394 g/mol. The molecule has 27 heavy (non-hydrogen) atoms. The molecular formula is C20H31N3O3S. The first-order chi connectivity index (χ1) is 13.0. The van der Waals surface area contributed by atoms with Crippen molar-refractivity contribution in [3.63, 3.8) is 0 Å². The van der Waals surface area contributed by atoms with Crippen LogP contribution in [0.15, 0.2) is 17.2 Å². The molecule has 1 unspecified atom stereocenters. The summed E-state index contributed by atoms with van der Waals surface area (Å²) in [6.07, 6.45) is 11.2. The molecular weight excluding hydrogens is 362 g/mol. The second kappa shape index (κ2) is 10.5. The van der Waals surface area contributed by atoms with Crippen LogP contribution >= 0.6 is 11.8 Å². The van der Waals surface area contributed by atoms with Crippen molar-refractivity contribution in [2.75, 3.05) is 18.6 Å². The Hall–Kier alpha value is -1.76. The molecule has 7 heteroatoms. The van der Waals surface area contributed by atoms with E-state index in [1.807, 2.05) is 24.7 Å². The Bertz CT molecular complexity index is 711. The van der Waals surface area contributed by atoms with Crippen LogP contribution < -0.4 is 16.1 Å². The summed E-state index contributed by atoms with van der Waals surface area (Å²) in [7, 11) is 0. The Morgan fingerprint density at radius 3 is 2.44 bits per heavy atom. The molecule has 0 saturated heterocycles.